The van der Waals surface area contributed by atoms with Gasteiger partial charge in [0.05, 0.1) is 11.4 Å². The number of piperazine rings is 1. The molecule has 2 bridgehead atoms. The van der Waals surface area contributed by atoms with Crippen molar-refractivity contribution in [2.24, 2.45) is 5.92 Å². The minimum atomic E-state index is 0.0165. The fraction of sp³-hybridized carbons (Fsp3) is 0.357. The fourth-order valence-electron chi connectivity index (χ4n) is 6.09. The number of nitrogen functional groups attached to an aromatic ring is 1. The molecule has 0 radical (unpaired) electrons. The van der Waals surface area contributed by atoms with E-state index in [0.717, 1.165) is 61.2 Å². The first-order valence-electron chi connectivity index (χ1n) is 12.6. The molecule has 2 N–H and O–H groups in total. The molecule has 0 saturated carbocycles. The van der Waals surface area contributed by atoms with Crippen molar-refractivity contribution in [2.75, 3.05) is 54.8 Å². The van der Waals surface area contributed by atoms with Crippen molar-refractivity contribution < 1.29 is 4.79 Å². The van der Waals surface area contributed by atoms with E-state index in [1.54, 1.807) is 6.07 Å². The zero-order valence-corrected chi connectivity index (χ0v) is 20.9. The van der Waals surface area contributed by atoms with Crippen molar-refractivity contribution in [3.05, 3.63) is 87.3 Å². The van der Waals surface area contributed by atoms with Gasteiger partial charge in [0.15, 0.2) is 0 Å². The highest BCUT2D eigenvalue weighted by Crippen LogP contribution is 2.38. The third kappa shape index (κ3) is 4.22. The lowest BCUT2D eigenvalue weighted by Crippen LogP contribution is -2.49. The topological polar surface area (TPSA) is 74.8 Å². The van der Waals surface area contributed by atoms with E-state index < -0.39 is 0 Å². The first-order chi connectivity index (χ1) is 17.5. The van der Waals surface area contributed by atoms with Gasteiger partial charge in [-0.05, 0) is 54.8 Å². The largest absolute Gasteiger partial charge is 0.397 e. The van der Waals surface area contributed by atoms with E-state index in [1.165, 1.54) is 0 Å². The Balaban J connectivity index is 1.14. The van der Waals surface area contributed by atoms with Gasteiger partial charge in [0.2, 0.25) is 0 Å². The Morgan fingerprint density at radius 2 is 1.69 bits per heavy atom. The molecule has 2 aromatic carbocycles. The summed E-state index contributed by atoms with van der Waals surface area (Å²) in [6, 6.07) is 19.1. The van der Waals surface area contributed by atoms with Crippen LogP contribution in [0.25, 0.3) is 0 Å². The summed E-state index contributed by atoms with van der Waals surface area (Å²) >= 11 is 6.14. The van der Waals surface area contributed by atoms with Gasteiger partial charge in [-0.3, -0.25) is 9.59 Å². The lowest BCUT2D eigenvalue weighted by Gasteiger charge is -2.44. The van der Waals surface area contributed by atoms with Gasteiger partial charge >= 0.3 is 0 Å². The maximum Gasteiger partial charge on any atom is 0.254 e. The summed E-state index contributed by atoms with van der Waals surface area (Å²) in [5.74, 6) is 0.735. The van der Waals surface area contributed by atoms with Gasteiger partial charge < -0.3 is 25.0 Å². The number of hydrogen-bond donors (Lipinski definition) is 1. The molecule has 186 valence electrons. The van der Waals surface area contributed by atoms with E-state index in [1.807, 2.05) is 51.9 Å². The number of aromatic nitrogens is 1. The molecule has 4 heterocycles. The number of piperidine rings is 1. The minimum Gasteiger partial charge on any atom is -0.397 e. The van der Waals surface area contributed by atoms with E-state index in [0.29, 0.717) is 36.2 Å². The lowest BCUT2D eigenvalue weighted by atomic mass is 9.83. The maximum atomic E-state index is 13.3. The Kier molecular flexibility index (Phi) is 5.88. The van der Waals surface area contributed by atoms with Crippen LogP contribution < -0.4 is 21.1 Å². The second kappa shape index (κ2) is 9.21. The molecule has 8 heteroatoms. The molecule has 7 nitrogen and oxygen atoms in total. The summed E-state index contributed by atoms with van der Waals surface area (Å²) in [6.07, 6.45) is 1.09. The highest BCUT2D eigenvalue weighted by atomic mass is 35.5. The molecule has 6 rings (SSSR count). The van der Waals surface area contributed by atoms with Crippen LogP contribution in [0.5, 0.6) is 0 Å². The molecular weight excluding hydrogens is 474 g/mol. The van der Waals surface area contributed by atoms with Gasteiger partial charge in [-0.25, -0.2) is 0 Å². The minimum absolute atomic E-state index is 0.0165. The number of pyridine rings is 1. The quantitative estimate of drug-likeness (QED) is 0.552. The number of fused-ring (bicyclic) bond motifs is 4. The smallest absolute Gasteiger partial charge is 0.254 e. The lowest BCUT2D eigenvalue weighted by molar-refractivity contribution is 0.0747. The second-order valence-corrected chi connectivity index (χ2v) is 10.6. The molecule has 3 aromatic rings. The van der Waals surface area contributed by atoms with E-state index in [4.69, 9.17) is 17.3 Å². The van der Waals surface area contributed by atoms with E-state index in [2.05, 4.69) is 21.9 Å². The van der Waals surface area contributed by atoms with Crippen molar-refractivity contribution in [1.82, 2.24) is 9.47 Å². The molecule has 3 aliphatic heterocycles. The molecule has 0 aliphatic carbocycles. The third-order valence-electron chi connectivity index (χ3n) is 7.84. The average Bonchev–Trinajstić information content (AvgIpc) is 2.89. The summed E-state index contributed by atoms with van der Waals surface area (Å²) in [5.41, 5.74) is 11.0. The van der Waals surface area contributed by atoms with Crippen LogP contribution in [0.3, 0.4) is 0 Å². The number of nitrogens with two attached hydrogens (primary N) is 1. The van der Waals surface area contributed by atoms with Gasteiger partial charge in [-0.1, -0.05) is 23.7 Å². The average molecular weight is 504 g/mol. The molecule has 3 aliphatic rings. The van der Waals surface area contributed by atoms with Crippen LogP contribution in [0.2, 0.25) is 5.02 Å². The van der Waals surface area contributed by atoms with Crippen molar-refractivity contribution in [2.45, 2.75) is 18.9 Å². The summed E-state index contributed by atoms with van der Waals surface area (Å²) in [4.78, 5) is 32.1. The highest BCUT2D eigenvalue weighted by molar-refractivity contribution is 6.30. The van der Waals surface area contributed by atoms with Crippen LogP contribution in [-0.4, -0.2) is 54.6 Å². The highest BCUT2D eigenvalue weighted by Gasteiger charge is 2.35. The van der Waals surface area contributed by atoms with Crippen LogP contribution in [0.4, 0.5) is 17.1 Å². The van der Waals surface area contributed by atoms with Crippen molar-refractivity contribution >= 4 is 34.6 Å². The van der Waals surface area contributed by atoms with Crippen LogP contribution in [0.1, 0.15) is 28.4 Å². The van der Waals surface area contributed by atoms with Crippen LogP contribution in [0.15, 0.2) is 65.5 Å². The number of carbonyl (C=O) groups excluding carboxylic acids is 1. The van der Waals surface area contributed by atoms with Gasteiger partial charge in [0.1, 0.15) is 0 Å². The molecule has 0 spiro atoms. The fourth-order valence-corrected chi connectivity index (χ4v) is 6.28. The Bertz CT molecular complexity index is 1360. The predicted octanol–water partition coefficient (Wildman–Crippen LogP) is 3.67. The number of nitrogens with zero attached hydrogens (tertiary/aromatic N) is 4. The number of carbonyl (C=O) groups is 1. The summed E-state index contributed by atoms with van der Waals surface area (Å²) < 4.78 is 1.94. The molecule has 1 aromatic heterocycles. The number of anilines is 3. The molecule has 1 amide bonds. The van der Waals surface area contributed by atoms with E-state index >= 15 is 0 Å². The van der Waals surface area contributed by atoms with Crippen LogP contribution in [-0.2, 0) is 6.54 Å². The van der Waals surface area contributed by atoms with Crippen LogP contribution >= 0.6 is 11.6 Å². The standard InChI is InChI=1S/C28H30ClN5O2/c29-22-3-1-4-23(15-22)31-9-11-32(12-10-31)28(36)20-7-8-26(24(30)14-20)33-16-19-13-21(18-33)25-5-2-6-27(35)34(25)17-19/h1-8,14-15,19,21H,9-13,16-18,30H2. The van der Waals surface area contributed by atoms with Crippen molar-refractivity contribution in [3.8, 4) is 0 Å². The maximum absolute atomic E-state index is 13.3. The normalized spacial score (nSPS) is 21.3. The monoisotopic (exact) mass is 503 g/mol. The van der Waals surface area contributed by atoms with E-state index in [-0.39, 0.29) is 11.5 Å². The number of rotatable bonds is 3. The molecule has 2 unspecified atom stereocenters. The zero-order valence-electron chi connectivity index (χ0n) is 20.1. The first kappa shape index (κ1) is 23.0. The molecule has 36 heavy (non-hydrogen) atoms. The summed E-state index contributed by atoms with van der Waals surface area (Å²) in [7, 11) is 0. The number of amides is 1. The Morgan fingerprint density at radius 3 is 2.47 bits per heavy atom. The number of benzene rings is 2. The summed E-state index contributed by atoms with van der Waals surface area (Å²) in [5, 5.41) is 0.719. The van der Waals surface area contributed by atoms with Crippen LogP contribution in [0, 0.1) is 5.92 Å². The van der Waals surface area contributed by atoms with Gasteiger partial charge in [0.25, 0.3) is 11.5 Å². The van der Waals surface area contributed by atoms with E-state index in [9.17, 15) is 9.59 Å². The Hall–Kier alpha value is -3.45. The van der Waals surface area contributed by atoms with Gasteiger partial charge in [0, 0.05) is 79.8 Å². The molecule has 2 atom stereocenters. The SMILES string of the molecule is Nc1cc(C(=O)N2CCN(c3cccc(Cl)c3)CC2)ccc1N1CC2CC(C1)c1cccc(=O)n1C2. The van der Waals surface area contributed by atoms with Gasteiger partial charge in [-0.15, -0.1) is 0 Å². The van der Waals surface area contributed by atoms with Crippen molar-refractivity contribution in [3.63, 3.8) is 0 Å². The number of halogens is 1. The Labute approximate surface area is 215 Å². The molecule has 2 saturated heterocycles. The summed E-state index contributed by atoms with van der Waals surface area (Å²) in [6.45, 7) is 5.27. The third-order valence-corrected chi connectivity index (χ3v) is 8.07. The zero-order chi connectivity index (χ0) is 24.8. The molecular formula is C28H30ClN5O2. The predicted molar refractivity (Wildman–Crippen MR) is 144 cm³/mol. The second-order valence-electron chi connectivity index (χ2n) is 10.1. The van der Waals surface area contributed by atoms with Crippen molar-refractivity contribution in [1.29, 1.82) is 0 Å². The molecule has 2 fully saturated rings. The first-order valence-corrected chi connectivity index (χ1v) is 13.0. The van der Waals surface area contributed by atoms with Gasteiger partial charge in [-0.2, -0.15) is 0 Å². The number of hydrogen-bond acceptors (Lipinski definition) is 5. The Morgan fingerprint density at radius 1 is 0.889 bits per heavy atom.